The maximum absolute atomic E-state index is 10.4. The SMILES string of the molecule is CCC1CCNC(C(O)C2CCOCC2)C1. The average molecular weight is 227 g/mol. The molecule has 0 saturated carbocycles. The normalized spacial score (nSPS) is 34.9. The molecule has 0 aromatic rings. The molecule has 3 heteroatoms. The first-order valence-corrected chi connectivity index (χ1v) is 6.80. The van der Waals surface area contributed by atoms with Crippen molar-refractivity contribution in [2.45, 2.75) is 51.2 Å². The molecule has 0 aliphatic carbocycles. The highest BCUT2D eigenvalue weighted by molar-refractivity contribution is 4.87. The second kappa shape index (κ2) is 5.99. The van der Waals surface area contributed by atoms with Crippen LogP contribution in [0.5, 0.6) is 0 Å². The first kappa shape index (κ1) is 12.3. The van der Waals surface area contributed by atoms with Gasteiger partial charge < -0.3 is 15.2 Å². The third-order valence-corrected chi connectivity index (χ3v) is 4.28. The van der Waals surface area contributed by atoms with Gasteiger partial charge >= 0.3 is 0 Å². The molecule has 0 aromatic carbocycles. The van der Waals surface area contributed by atoms with Crippen LogP contribution in [-0.2, 0) is 4.74 Å². The number of hydrogen-bond acceptors (Lipinski definition) is 3. The van der Waals surface area contributed by atoms with Gasteiger partial charge in [0.15, 0.2) is 0 Å². The monoisotopic (exact) mass is 227 g/mol. The molecule has 16 heavy (non-hydrogen) atoms. The van der Waals surface area contributed by atoms with Gasteiger partial charge in [-0.15, -0.1) is 0 Å². The summed E-state index contributed by atoms with van der Waals surface area (Å²) < 4.78 is 5.35. The van der Waals surface area contributed by atoms with Crippen LogP contribution in [0.4, 0.5) is 0 Å². The fourth-order valence-corrected chi connectivity index (χ4v) is 3.05. The summed E-state index contributed by atoms with van der Waals surface area (Å²) in [5.74, 6) is 1.25. The number of nitrogens with one attached hydrogen (secondary N) is 1. The Kier molecular flexibility index (Phi) is 4.62. The van der Waals surface area contributed by atoms with Gasteiger partial charge in [-0.1, -0.05) is 13.3 Å². The topological polar surface area (TPSA) is 41.5 Å². The molecule has 0 radical (unpaired) electrons. The van der Waals surface area contributed by atoms with Gasteiger partial charge in [0.05, 0.1) is 6.10 Å². The molecule has 2 saturated heterocycles. The van der Waals surface area contributed by atoms with E-state index in [-0.39, 0.29) is 6.10 Å². The third kappa shape index (κ3) is 2.96. The molecule has 94 valence electrons. The Bertz CT molecular complexity index is 204. The Labute approximate surface area is 98.6 Å². The quantitative estimate of drug-likeness (QED) is 0.768. The molecule has 0 amide bonds. The molecule has 2 aliphatic heterocycles. The standard InChI is InChI=1S/C13H25NO2/c1-2-10-3-6-14-12(9-10)13(15)11-4-7-16-8-5-11/h10-15H,2-9H2,1H3. The van der Waals surface area contributed by atoms with E-state index in [4.69, 9.17) is 4.74 Å². The van der Waals surface area contributed by atoms with Crippen LogP contribution in [0, 0.1) is 11.8 Å². The van der Waals surface area contributed by atoms with Crippen molar-refractivity contribution in [1.29, 1.82) is 0 Å². The van der Waals surface area contributed by atoms with Crippen LogP contribution in [-0.4, -0.2) is 37.0 Å². The summed E-state index contributed by atoms with van der Waals surface area (Å²) in [5, 5.41) is 13.9. The van der Waals surface area contributed by atoms with Crippen molar-refractivity contribution in [2.24, 2.45) is 11.8 Å². The van der Waals surface area contributed by atoms with E-state index in [2.05, 4.69) is 12.2 Å². The van der Waals surface area contributed by atoms with Gasteiger partial charge in [-0.3, -0.25) is 0 Å². The van der Waals surface area contributed by atoms with E-state index in [1.54, 1.807) is 0 Å². The zero-order chi connectivity index (χ0) is 11.4. The summed E-state index contributed by atoms with van der Waals surface area (Å²) in [4.78, 5) is 0. The molecular weight excluding hydrogens is 202 g/mol. The lowest BCUT2D eigenvalue weighted by molar-refractivity contribution is -0.0153. The Balaban J connectivity index is 1.84. The Morgan fingerprint density at radius 3 is 2.75 bits per heavy atom. The van der Waals surface area contributed by atoms with Crippen LogP contribution in [0.1, 0.15) is 39.0 Å². The van der Waals surface area contributed by atoms with E-state index in [9.17, 15) is 5.11 Å². The summed E-state index contributed by atoms with van der Waals surface area (Å²) >= 11 is 0. The molecule has 2 rings (SSSR count). The van der Waals surface area contributed by atoms with Crippen molar-refractivity contribution in [2.75, 3.05) is 19.8 Å². The largest absolute Gasteiger partial charge is 0.391 e. The highest BCUT2D eigenvalue weighted by Crippen LogP contribution is 2.27. The highest BCUT2D eigenvalue weighted by atomic mass is 16.5. The summed E-state index contributed by atoms with van der Waals surface area (Å²) in [6, 6.07) is 0.321. The number of aliphatic hydroxyl groups excluding tert-OH is 1. The number of aliphatic hydroxyl groups is 1. The van der Waals surface area contributed by atoms with Crippen LogP contribution in [0.15, 0.2) is 0 Å². The minimum Gasteiger partial charge on any atom is -0.391 e. The van der Waals surface area contributed by atoms with Crippen molar-refractivity contribution in [3.05, 3.63) is 0 Å². The molecule has 2 fully saturated rings. The molecule has 0 bridgehead atoms. The van der Waals surface area contributed by atoms with Crippen LogP contribution >= 0.6 is 0 Å². The molecule has 3 atom stereocenters. The minimum atomic E-state index is -0.168. The van der Waals surface area contributed by atoms with Crippen molar-refractivity contribution in [3.63, 3.8) is 0 Å². The molecule has 3 unspecified atom stereocenters. The summed E-state index contributed by atoms with van der Waals surface area (Å²) in [6.07, 6.45) is 5.55. The van der Waals surface area contributed by atoms with Crippen LogP contribution in [0.3, 0.4) is 0 Å². The number of hydrogen-bond donors (Lipinski definition) is 2. The zero-order valence-electron chi connectivity index (χ0n) is 10.3. The maximum Gasteiger partial charge on any atom is 0.0723 e. The highest BCUT2D eigenvalue weighted by Gasteiger charge is 2.32. The number of ether oxygens (including phenoxy) is 1. The minimum absolute atomic E-state index is 0.168. The lowest BCUT2D eigenvalue weighted by atomic mass is 9.82. The summed E-state index contributed by atoms with van der Waals surface area (Å²) in [6.45, 7) is 4.98. The van der Waals surface area contributed by atoms with Crippen molar-refractivity contribution < 1.29 is 9.84 Å². The number of piperidine rings is 1. The van der Waals surface area contributed by atoms with Gasteiger partial charge in [0, 0.05) is 19.3 Å². The number of rotatable bonds is 3. The molecule has 2 aliphatic rings. The van der Waals surface area contributed by atoms with Gasteiger partial charge in [-0.2, -0.15) is 0 Å². The Morgan fingerprint density at radius 1 is 1.31 bits per heavy atom. The Hall–Kier alpha value is -0.120. The molecule has 2 heterocycles. The van der Waals surface area contributed by atoms with E-state index in [1.165, 1.54) is 12.8 Å². The predicted octanol–water partition coefficient (Wildman–Crippen LogP) is 1.55. The van der Waals surface area contributed by atoms with Crippen molar-refractivity contribution >= 4 is 0 Å². The van der Waals surface area contributed by atoms with Gasteiger partial charge in [-0.25, -0.2) is 0 Å². The third-order valence-electron chi connectivity index (χ3n) is 4.28. The van der Waals surface area contributed by atoms with Gasteiger partial charge in [0.1, 0.15) is 0 Å². The first-order valence-electron chi connectivity index (χ1n) is 6.80. The summed E-state index contributed by atoms with van der Waals surface area (Å²) in [5.41, 5.74) is 0. The van der Waals surface area contributed by atoms with Crippen LogP contribution in [0.2, 0.25) is 0 Å². The van der Waals surface area contributed by atoms with Crippen LogP contribution in [0.25, 0.3) is 0 Å². The fourth-order valence-electron chi connectivity index (χ4n) is 3.05. The second-order valence-corrected chi connectivity index (χ2v) is 5.30. The molecule has 3 nitrogen and oxygen atoms in total. The van der Waals surface area contributed by atoms with E-state index in [1.807, 2.05) is 0 Å². The predicted molar refractivity (Wildman–Crippen MR) is 64.4 cm³/mol. The van der Waals surface area contributed by atoms with E-state index < -0.39 is 0 Å². The van der Waals surface area contributed by atoms with Crippen LogP contribution < -0.4 is 5.32 Å². The van der Waals surface area contributed by atoms with Gasteiger partial charge in [0.25, 0.3) is 0 Å². The van der Waals surface area contributed by atoms with Crippen molar-refractivity contribution in [1.82, 2.24) is 5.32 Å². The van der Waals surface area contributed by atoms with E-state index >= 15 is 0 Å². The Morgan fingerprint density at radius 2 is 2.06 bits per heavy atom. The smallest absolute Gasteiger partial charge is 0.0723 e. The lowest BCUT2D eigenvalue weighted by Crippen LogP contribution is -2.49. The zero-order valence-corrected chi connectivity index (χ0v) is 10.3. The first-order chi connectivity index (χ1) is 7.81. The average Bonchev–Trinajstić information content (AvgIpc) is 2.39. The summed E-state index contributed by atoms with van der Waals surface area (Å²) in [7, 11) is 0. The van der Waals surface area contributed by atoms with E-state index in [0.29, 0.717) is 12.0 Å². The van der Waals surface area contributed by atoms with Gasteiger partial charge in [0.2, 0.25) is 0 Å². The molecule has 0 aromatic heterocycles. The molecule has 2 N–H and O–H groups in total. The lowest BCUT2D eigenvalue weighted by Gasteiger charge is -2.37. The maximum atomic E-state index is 10.4. The van der Waals surface area contributed by atoms with Crippen molar-refractivity contribution in [3.8, 4) is 0 Å². The molecular formula is C13H25NO2. The van der Waals surface area contributed by atoms with E-state index in [0.717, 1.165) is 44.9 Å². The molecule has 0 spiro atoms. The second-order valence-electron chi connectivity index (χ2n) is 5.30. The fraction of sp³-hybridized carbons (Fsp3) is 1.00. The van der Waals surface area contributed by atoms with Gasteiger partial charge in [-0.05, 0) is 44.1 Å².